The SMILES string of the molecule is CC[C@@H](OC[C@H](O)CN1CCC[C@H]1Cc1ccc(C)c(Cl)c1)c1ccc(C)cc1CCC(=O)O. The predicted octanol–water partition coefficient (Wildman–Crippen LogP) is 5.51. The fourth-order valence-corrected chi connectivity index (χ4v) is 5.09. The van der Waals surface area contributed by atoms with Crippen LogP contribution in [-0.2, 0) is 22.4 Å². The second-order valence-electron chi connectivity index (χ2n) is 9.56. The van der Waals surface area contributed by atoms with Crippen molar-refractivity contribution in [3.8, 4) is 0 Å². The number of benzene rings is 2. The molecule has 0 aliphatic carbocycles. The van der Waals surface area contributed by atoms with E-state index in [-0.39, 0.29) is 19.1 Å². The number of hydrogen-bond donors (Lipinski definition) is 2. The van der Waals surface area contributed by atoms with Crippen LogP contribution in [0.3, 0.4) is 0 Å². The van der Waals surface area contributed by atoms with Crippen LogP contribution in [0.15, 0.2) is 36.4 Å². The van der Waals surface area contributed by atoms with Gasteiger partial charge in [0.1, 0.15) is 0 Å². The molecule has 2 N–H and O–H groups in total. The Balaban J connectivity index is 1.57. The Labute approximate surface area is 208 Å². The third kappa shape index (κ3) is 7.54. The summed E-state index contributed by atoms with van der Waals surface area (Å²) >= 11 is 6.31. The number of likely N-dealkylation sites (tertiary alicyclic amines) is 1. The van der Waals surface area contributed by atoms with Crippen molar-refractivity contribution in [3.63, 3.8) is 0 Å². The third-order valence-corrected chi connectivity index (χ3v) is 7.17. The maximum absolute atomic E-state index is 11.1. The van der Waals surface area contributed by atoms with Gasteiger partial charge in [-0.25, -0.2) is 0 Å². The Hall–Kier alpha value is -1.92. The van der Waals surface area contributed by atoms with E-state index < -0.39 is 12.1 Å². The Morgan fingerprint density at radius 1 is 1.24 bits per heavy atom. The molecule has 186 valence electrons. The number of ether oxygens (including phenoxy) is 1. The van der Waals surface area contributed by atoms with E-state index in [4.69, 9.17) is 21.4 Å². The topological polar surface area (TPSA) is 70.0 Å². The summed E-state index contributed by atoms with van der Waals surface area (Å²) in [6.45, 7) is 7.90. The third-order valence-electron chi connectivity index (χ3n) is 6.77. The zero-order valence-electron chi connectivity index (χ0n) is 20.6. The molecule has 0 radical (unpaired) electrons. The highest BCUT2D eigenvalue weighted by atomic mass is 35.5. The molecule has 34 heavy (non-hydrogen) atoms. The maximum atomic E-state index is 11.1. The van der Waals surface area contributed by atoms with Gasteiger partial charge in [-0.2, -0.15) is 0 Å². The number of β-amino-alcohol motifs (C(OH)–C–C–N with tert-alkyl or cyclic N) is 1. The normalized spacial score (nSPS) is 18.2. The first kappa shape index (κ1) is 26.7. The second-order valence-corrected chi connectivity index (χ2v) is 9.97. The van der Waals surface area contributed by atoms with Gasteiger partial charge in [-0.05, 0) is 80.8 Å². The molecule has 1 aliphatic heterocycles. The van der Waals surface area contributed by atoms with E-state index in [0.717, 1.165) is 59.5 Å². The molecule has 1 heterocycles. The van der Waals surface area contributed by atoms with Gasteiger partial charge in [0.05, 0.1) is 18.8 Å². The molecule has 1 fully saturated rings. The average Bonchev–Trinajstić information content (AvgIpc) is 3.22. The highest BCUT2D eigenvalue weighted by Gasteiger charge is 2.27. The summed E-state index contributed by atoms with van der Waals surface area (Å²) in [6, 6.07) is 12.8. The number of nitrogens with zero attached hydrogens (tertiary/aromatic N) is 1. The number of carbonyl (C=O) groups is 1. The van der Waals surface area contributed by atoms with E-state index >= 15 is 0 Å². The lowest BCUT2D eigenvalue weighted by Crippen LogP contribution is -2.39. The van der Waals surface area contributed by atoms with E-state index in [1.54, 1.807) is 0 Å². The summed E-state index contributed by atoms with van der Waals surface area (Å²) in [5.41, 5.74) is 5.47. The number of halogens is 1. The highest BCUT2D eigenvalue weighted by molar-refractivity contribution is 6.31. The zero-order chi connectivity index (χ0) is 24.7. The summed E-state index contributed by atoms with van der Waals surface area (Å²) < 4.78 is 6.18. The van der Waals surface area contributed by atoms with Crippen LogP contribution in [0, 0.1) is 13.8 Å². The monoisotopic (exact) mass is 487 g/mol. The van der Waals surface area contributed by atoms with Gasteiger partial charge in [-0.15, -0.1) is 0 Å². The smallest absolute Gasteiger partial charge is 0.303 e. The van der Waals surface area contributed by atoms with Crippen molar-refractivity contribution in [2.75, 3.05) is 19.7 Å². The molecule has 2 aromatic rings. The second kappa shape index (κ2) is 12.7. The molecule has 0 spiro atoms. The largest absolute Gasteiger partial charge is 0.481 e. The molecule has 6 heteroatoms. The lowest BCUT2D eigenvalue weighted by molar-refractivity contribution is -0.136. The molecule has 0 saturated carbocycles. The minimum absolute atomic E-state index is 0.0953. The van der Waals surface area contributed by atoms with Crippen molar-refractivity contribution in [1.29, 1.82) is 0 Å². The summed E-state index contributed by atoms with van der Waals surface area (Å²) in [5, 5.41) is 20.7. The average molecular weight is 488 g/mol. The van der Waals surface area contributed by atoms with E-state index in [9.17, 15) is 9.90 Å². The predicted molar refractivity (Wildman–Crippen MR) is 137 cm³/mol. The van der Waals surface area contributed by atoms with Crippen LogP contribution in [0.1, 0.15) is 66.5 Å². The van der Waals surface area contributed by atoms with E-state index in [1.807, 2.05) is 32.0 Å². The van der Waals surface area contributed by atoms with E-state index in [2.05, 4.69) is 30.0 Å². The number of carboxylic acids is 1. The first-order chi connectivity index (χ1) is 16.3. The molecule has 3 atom stereocenters. The zero-order valence-corrected chi connectivity index (χ0v) is 21.4. The van der Waals surface area contributed by atoms with Crippen molar-refractivity contribution < 1.29 is 19.7 Å². The first-order valence-electron chi connectivity index (χ1n) is 12.4. The molecule has 2 aromatic carbocycles. The summed E-state index contributed by atoms with van der Waals surface area (Å²) in [6.07, 6.45) is 3.77. The van der Waals surface area contributed by atoms with Crippen molar-refractivity contribution in [2.24, 2.45) is 0 Å². The Morgan fingerprint density at radius 3 is 2.74 bits per heavy atom. The number of aliphatic hydroxyl groups excluding tert-OH is 1. The van der Waals surface area contributed by atoms with Crippen LogP contribution in [-0.4, -0.2) is 52.9 Å². The Morgan fingerprint density at radius 2 is 2.03 bits per heavy atom. The summed E-state index contributed by atoms with van der Waals surface area (Å²) in [7, 11) is 0. The fraction of sp³-hybridized carbons (Fsp3) is 0.536. The minimum Gasteiger partial charge on any atom is -0.481 e. The van der Waals surface area contributed by atoms with Crippen LogP contribution in [0.25, 0.3) is 0 Å². The number of rotatable bonds is 12. The minimum atomic E-state index is -0.801. The molecule has 5 nitrogen and oxygen atoms in total. The maximum Gasteiger partial charge on any atom is 0.303 e. The van der Waals surface area contributed by atoms with Crippen LogP contribution in [0.2, 0.25) is 5.02 Å². The van der Waals surface area contributed by atoms with Gasteiger partial charge in [0.2, 0.25) is 0 Å². The van der Waals surface area contributed by atoms with Crippen LogP contribution < -0.4 is 0 Å². The van der Waals surface area contributed by atoms with Gasteiger partial charge in [0.25, 0.3) is 0 Å². The molecule has 0 aromatic heterocycles. The molecular weight excluding hydrogens is 450 g/mol. The summed E-state index contributed by atoms with van der Waals surface area (Å²) in [4.78, 5) is 13.5. The number of hydrogen-bond acceptors (Lipinski definition) is 4. The Bertz CT molecular complexity index is 963. The molecule has 1 aliphatic rings. The number of aliphatic hydroxyl groups is 1. The van der Waals surface area contributed by atoms with Crippen molar-refractivity contribution in [2.45, 2.75) is 77.5 Å². The van der Waals surface area contributed by atoms with Crippen LogP contribution >= 0.6 is 11.6 Å². The first-order valence-corrected chi connectivity index (χ1v) is 12.7. The van der Waals surface area contributed by atoms with Crippen molar-refractivity contribution in [1.82, 2.24) is 4.90 Å². The number of carboxylic acid groups (broad SMARTS) is 1. The Kier molecular flexibility index (Phi) is 9.96. The quantitative estimate of drug-likeness (QED) is 0.413. The van der Waals surface area contributed by atoms with Crippen molar-refractivity contribution >= 4 is 17.6 Å². The van der Waals surface area contributed by atoms with Gasteiger partial charge in [0.15, 0.2) is 0 Å². The molecular formula is C28H38ClNO4. The van der Waals surface area contributed by atoms with Gasteiger partial charge in [-0.1, -0.05) is 54.4 Å². The lowest BCUT2D eigenvalue weighted by Gasteiger charge is -2.28. The van der Waals surface area contributed by atoms with Gasteiger partial charge in [-0.3, -0.25) is 9.69 Å². The summed E-state index contributed by atoms with van der Waals surface area (Å²) in [5.74, 6) is -0.801. The van der Waals surface area contributed by atoms with Gasteiger partial charge in [0, 0.05) is 24.0 Å². The van der Waals surface area contributed by atoms with Crippen molar-refractivity contribution in [3.05, 3.63) is 69.2 Å². The van der Waals surface area contributed by atoms with Gasteiger partial charge >= 0.3 is 5.97 Å². The molecule has 0 bridgehead atoms. The fourth-order valence-electron chi connectivity index (χ4n) is 4.89. The number of aliphatic carboxylic acids is 1. The number of aryl methyl sites for hydroxylation is 3. The van der Waals surface area contributed by atoms with Crippen LogP contribution in [0.4, 0.5) is 0 Å². The van der Waals surface area contributed by atoms with E-state index in [0.29, 0.717) is 19.0 Å². The highest BCUT2D eigenvalue weighted by Crippen LogP contribution is 2.28. The molecule has 3 rings (SSSR count). The molecule has 1 saturated heterocycles. The molecule has 0 amide bonds. The van der Waals surface area contributed by atoms with E-state index in [1.165, 1.54) is 5.56 Å². The standard InChI is InChI=1S/C28H38ClNO4/c1-4-27(25-11-7-19(2)14-22(25)10-12-28(32)33)34-18-24(31)17-30-13-5-6-23(30)15-21-9-8-20(3)26(29)16-21/h7-9,11,14,16,23-24,27,31H,4-6,10,12-13,15,17-18H2,1-3H3,(H,32,33)/t23-,24+,27+/m0/s1. The van der Waals surface area contributed by atoms with Gasteiger partial charge < -0.3 is 14.9 Å². The van der Waals surface area contributed by atoms with Crippen LogP contribution in [0.5, 0.6) is 0 Å². The lowest BCUT2D eigenvalue weighted by atomic mass is 9.95. The molecule has 0 unspecified atom stereocenters.